The Hall–Kier alpha value is -1.21. The molecule has 2 aromatic rings. The fourth-order valence-corrected chi connectivity index (χ4v) is 4.81. The summed E-state index contributed by atoms with van der Waals surface area (Å²) in [5.74, 6) is -0.745. The minimum absolute atomic E-state index is 0.222. The van der Waals surface area contributed by atoms with Gasteiger partial charge in [-0.15, -0.1) is 0 Å². The number of aliphatic carboxylic acids is 1. The number of carbonyl (C=O) groups is 1. The first kappa shape index (κ1) is 14.9. The molecule has 0 saturated carbocycles. The average Bonchev–Trinajstić information content (AvgIpc) is 2.42. The van der Waals surface area contributed by atoms with E-state index in [1.807, 2.05) is 0 Å². The van der Waals surface area contributed by atoms with Gasteiger partial charge in [0.15, 0.2) is 0 Å². The van der Waals surface area contributed by atoms with E-state index in [4.69, 9.17) is 5.11 Å². The van der Waals surface area contributed by atoms with Crippen molar-refractivity contribution >= 4 is 35.7 Å². The molecule has 0 aliphatic rings. The zero-order valence-electron chi connectivity index (χ0n) is 10.3. The van der Waals surface area contributed by atoms with Crippen LogP contribution >= 0.6 is 0 Å². The van der Waals surface area contributed by atoms with Crippen LogP contribution in [0.4, 0.5) is 0 Å². The van der Waals surface area contributed by atoms with Crippen molar-refractivity contribution in [1.29, 1.82) is 0 Å². The molecule has 0 heterocycles. The Bertz CT molecular complexity index is 417. The first-order chi connectivity index (χ1) is 8.72. The number of hydrogen-bond acceptors (Lipinski definition) is 1. The molecular weight excluding hydrogens is 421 g/mol. The molecule has 0 fully saturated rings. The molecule has 0 spiro atoms. The Morgan fingerprint density at radius 2 is 1.28 bits per heavy atom. The molecule has 1 radical (unpaired) electrons. The van der Waals surface area contributed by atoms with E-state index in [0.717, 1.165) is 0 Å². The fourth-order valence-electron chi connectivity index (χ4n) is 1.15. The number of rotatable bonds is 3. The summed E-state index contributed by atoms with van der Waals surface area (Å²) in [5.41, 5.74) is 0. The molecule has 2 rings (SSSR count). The summed E-state index contributed by atoms with van der Waals surface area (Å²) in [6.07, 6.45) is 0.222. The third kappa shape index (κ3) is 6.51. The zero-order valence-corrected chi connectivity index (χ0v) is 13.8. The van der Waals surface area contributed by atoms with E-state index in [-0.39, 0.29) is 6.42 Å². The van der Waals surface area contributed by atoms with Gasteiger partial charge in [0.25, 0.3) is 0 Å². The van der Waals surface area contributed by atoms with Crippen molar-refractivity contribution in [3.05, 3.63) is 60.7 Å². The van der Waals surface area contributed by atoms with Gasteiger partial charge in [-0.25, -0.2) is 0 Å². The van der Waals surface area contributed by atoms with Crippen LogP contribution in [0.2, 0.25) is 0 Å². The molecular formula is C15H16BiO2. The van der Waals surface area contributed by atoms with Gasteiger partial charge < -0.3 is 5.11 Å². The normalized spacial score (nSPS) is 9.17. The van der Waals surface area contributed by atoms with E-state index in [2.05, 4.69) is 60.7 Å². The molecule has 0 bridgehead atoms. The van der Waals surface area contributed by atoms with Crippen molar-refractivity contribution in [3.8, 4) is 0 Å². The third-order valence-corrected chi connectivity index (χ3v) is 6.40. The molecule has 0 atom stereocenters. The summed E-state index contributed by atoms with van der Waals surface area (Å²) in [5, 5.41) is 7.72. The van der Waals surface area contributed by atoms with Crippen LogP contribution in [0.5, 0.6) is 0 Å². The summed E-state index contributed by atoms with van der Waals surface area (Å²) < 4.78 is 3.10. The summed E-state index contributed by atoms with van der Waals surface area (Å²) >= 11 is -0.613. The van der Waals surface area contributed by atoms with Gasteiger partial charge in [0, 0.05) is 6.42 Å². The summed E-state index contributed by atoms with van der Waals surface area (Å²) in [6, 6.07) is 21.6. The first-order valence-corrected chi connectivity index (χ1v) is 9.23. The van der Waals surface area contributed by atoms with E-state index >= 15 is 0 Å². The number of carboxylic acid groups (broad SMARTS) is 1. The van der Waals surface area contributed by atoms with Crippen LogP contribution in [0.3, 0.4) is 0 Å². The average molecular weight is 437 g/mol. The molecule has 93 valence electrons. The van der Waals surface area contributed by atoms with Crippen LogP contribution in [0.25, 0.3) is 0 Å². The topological polar surface area (TPSA) is 37.3 Å². The predicted molar refractivity (Wildman–Crippen MR) is 75.8 cm³/mol. The Morgan fingerprint density at radius 3 is 1.56 bits per heavy atom. The van der Waals surface area contributed by atoms with Crippen molar-refractivity contribution in [2.45, 2.75) is 13.3 Å². The Morgan fingerprint density at radius 1 is 0.944 bits per heavy atom. The molecule has 0 unspecified atom stereocenters. The Kier molecular flexibility index (Phi) is 7.28. The van der Waals surface area contributed by atoms with Gasteiger partial charge in [0.1, 0.15) is 0 Å². The van der Waals surface area contributed by atoms with Gasteiger partial charge in [-0.2, -0.15) is 0 Å². The quantitative estimate of drug-likeness (QED) is 0.745. The van der Waals surface area contributed by atoms with Gasteiger partial charge in [0.2, 0.25) is 0 Å². The van der Waals surface area contributed by atoms with Gasteiger partial charge in [-0.05, 0) is 0 Å². The van der Waals surface area contributed by atoms with Gasteiger partial charge >= 0.3 is 96.4 Å². The molecule has 18 heavy (non-hydrogen) atoms. The zero-order chi connectivity index (χ0) is 13.2. The molecule has 2 aromatic carbocycles. The van der Waals surface area contributed by atoms with Crippen molar-refractivity contribution < 1.29 is 9.90 Å². The van der Waals surface area contributed by atoms with Gasteiger partial charge in [0.05, 0.1) is 0 Å². The second-order valence-electron chi connectivity index (χ2n) is 3.53. The molecule has 0 saturated heterocycles. The van der Waals surface area contributed by atoms with E-state index < -0.39 is 29.2 Å². The minimum atomic E-state index is -0.745. The van der Waals surface area contributed by atoms with Crippen LogP contribution in [0.1, 0.15) is 13.3 Å². The molecule has 2 nitrogen and oxygen atoms in total. The number of carboxylic acids is 1. The summed E-state index contributed by atoms with van der Waals surface area (Å²) in [4.78, 5) is 9.37. The van der Waals surface area contributed by atoms with Gasteiger partial charge in [-0.3, -0.25) is 4.79 Å². The molecule has 0 aliphatic heterocycles. The van der Waals surface area contributed by atoms with E-state index in [0.29, 0.717) is 0 Å². The van der Waals surface area contributed by atoms with Crippen molar-refractivity contribution in [3.63, 3.8) is 0 Å². The number of benzene rings is 2. The van der Waals surface area contributed by atoms with E-state index in [9.17, 15) is 4.79 Å². The van der Waals surface area contributed by atoms with Crippen LogP contribution in [0, 0.1) is 0 Å². The molecule has 1 N–H and O–H groups in total. The summed E-state index contributed by atoms with van der Waals surface area (Å²) in [7, 11) is 0. The monoisotopic (exact) mass is 437 g/mol. The standard InChI is InChI=1S/2C6H5.C3H6O2.Bi/c2*1-2-4-6-5-3-1;1-2-3(4)5;/h2*1-5H;2H2,1H3,(H,4,5);. The third-order valence-electron chi connectivity index (χ3n) is 2.07. The summed E-state index contributed by atoms with van der Waals surface area (Å²) in [6.45, 7) is 1.60. The van der Waals surface area contributed by atoms with E-state index in [1.54, 1.807) is 13.5 Å². The SMILES string of the molecule is CCC(=O)O.c1cc[c]([Bi][c]2ccccc2)cc1. The predicted octanol–water partition coefficient (Wildman–Crippen LogP) is 1.82. The fraction of sp³-hybridized carbons (Fsp3) is 0.133. The van der Waals surface area contributed by atoms with Crippen LogP contribution < -0.4 is 6.54 Å². The van der Waals surface area contributed by atoms with Crippen LogP contribution in [-0.4, -0.2) is 34.3 Å². The molecule has 0 aliphatic carbocycles. The maximum absolute atomic E-state index is 9.37. The Balaban J connectivity index is 0.000000280. The molecule has 3 heteroatoms. The van der Waals surface area contributed by atoms with Gasteiger partial charge in [-0.1, -0.05) is 6.92 Å². The number of hydrogen-bond donors (Lipinski definition) is 1. The second kappa shape index (κ2) is 8.82. The second-order valence-corrected chi connectivity index (χ2v) is 8.41. The molecule has 0 amide bonds. The van der Waals surface area contributed by atoms with E-state index in [1.165, 1.54) is 0 Å². The van der Waals surface area contributed by atoms with Crippen LogP contribution in [-0.2, 0) is 4.79 Å². The van der Waals surface area contributed by atoms with Crippen molar-refractivity contribution in [2.75, 3.05) is 0 Å². The first-order valence-electron chi connectivity index (χ1n) is 5.76. The molecule has 0 aromatic heterocycles. The van der Waals surface area contributed by atoms with Crippen molar-refractivity contribution in [2.24, 2.45) is 0 Å². The van der Waals surface area contributed by atoms with Crippen LogP contribution in [0.15, 0.2) is 60.7 Å². The maximum atomic E-state index is 9.37. The Labute approximate surface area is 119 Å². The van der Waals surface area contributed by atoms with Crippen molar-refractivity contribution in [1.82, 2.24) is 0 Å².